The third-order valence-electron chi connectivity index (χ3n) is 2.04. The van der Waals surface area contributed by atoms with Crippen molar-refractivity contribution in [3.63, 3.8) is 0 Å². The quantitative estimate of drug-likeness (QED) is 0.751. The molecule has 0 fully saturated rings. The Hall–Kier alpha value is -0.580. The van der Waals surface area contributed by atoms with Crippen LogP contribution < -0.4 is 0 Å². The van der Waals surface area contributed by atoms with Crippen molar-refractivity contribution >= 4 is 34.7 Å². The first kappa shape index (κ1) is 12.9. The van der Waals surface area contributed by atoms with Crippen molar-refractivity contribution in [2.45, 2.75) is 35.4 Å². The number of thiophene rings is 1. The van der Waals surface area contributed by atoms with Gasteiger partial charge in [-0.15, -0.1) is 11.3 Å². The summed E-state index contributed by atoms with van der Waals surface area (Å²) in [6, 6.07) is 5.91. The standard InChI is InChI=1S/C12H13ClN2S2/c1-12(2,3)11-14-8(13)7-9(15-11)17-10-5-4-6-16-10/h4-7H,1-3H3. The molecule has 0 aliphatic rings. The van der Waals surface area contributed by atoms with E-state index in [-0.39, 0.29) is 5.41 Å². The van der Waals surface area contributed by atoms with E-state index >= 15 is 0 Å². The molecule has 0 saturated heterocycles. The molecule has 0 aliphatic heterocycles. The molecule has 0 N–H and O–H groups in total. The third-order valence-corrected chi connectivity index (χ3v) is 4.19. The zero-order valence-corrected chi connectivity index (χ0v) is 12.3. The smallest absolute Gasteiger partial charge is 0.136 e. The summed E-state index contributed by atoms with van der Waals surface area (Å²) in [6.07, 6.45) is 0. The number of rotatable bonds is 2. The van der Waals surface area contributed by atoms with Crippen molar-refractivity contribution in [3.8, 4) is 0 Å². The van der Waals surface area contributed by atoms with E-state index in [9.17, 15) is 0 Å². The first-order valence-electron chi connectivity index (χ1n) is 5.21. The van der Waals surface area contributed by atoms with Gasteiger partial charge in [0.15, 0.2) is 0 Å². The number of hydrogen-bond acceptors (Lipinski definition) is 4. The fraction of sp³-hybridized carbons (Fsp3) is 0.333. The minimum Gasteiger partial charge on any atom is -0.226 e. The van der Waals surface area contributed by atoms with Gasteiger partial charge in [0.05, 0.1) is 4.21 Å². The van der Waals surface area contributed by atoms with E-state index in [4.69, 9.17) is 11.6 Å². The Labute approximate surface area is 114 Å². The summed E-state index contributed by atoms with van der Waals surface area (Å²) in [6.45, 7) is 6.24. The molecule has 5 heteroatoms. The highest BCUT2D eigenvalue weighted by atomic mass is 35.5. The average Bonchev–Trinajstić information content (AvgIpc) is 2.68. The van der Waals surface area contributed by atoms with Gasteiger partial charge in [-0.3, -0.25) is 0 Å². The van der Waals surface area contributed by atoms with Crippen molar-refractivity contribution in [1.29, 1.82) is 0 Å². The summed E-state index contributed by atoms with van der Waals surface area (Å²) in [4.78, 5) is 8.83. The maximum absolute atomic E-state index is 6.04. The molecule has 2 heterocycles. The molecule has 0 amide bonds. The fourth-order valence-electron chi connectivity index (χ4n) is 1.21. The second-order valence-electron chi connectivity index (χ2n) is 4.64. The van der Waals surface area contributed by atoms with Crippen LogP contribution in [0.5, 0.6) is 0 Å². The molecule has 0 aromatic carbocycles. The van der Waals surface area contributed by atoms with E-state index < -0.39 is 0 Å². The predicted molar refractivity (Wildman–Crippen MR) is 74.2 cm³/mol. The van der Waals surface area contributed by atoms with Crippen molar-refractivity contribution < 1.29 is 0 Å². The van der Waals surface area contributed by atoms with Crippen molar-refractivity contribution in [3.05, 3.63) is 34.6 Å². The topological polar surface area (TPSA) is 25.8 Å². The molecule has 2 aromatic rings. The summed E-state index contributed by atoms with van der Waals surface area (Å²) >= 11 is 9.35. The molecule has 0 saturated carbocycles. The lowest BCUT2D eigenvalue weighted by Crippen LogP contribution is -2.16. The molecule has 2 aromatic heterocycles. The van der Waals surface area contributed by atoms with Crippen LogP contribution in [0.4, 0.5) is 0 Å². The Bertz CT molecular complexity index is 504. The highest BCUT2D eigenvalue weighted by Crippen LogP contribution is 2.32. The second-order valence-corrected chi connectivity index (χ2v) is 7.29. The first-order chi connectivity index (χ1) is 7.95. The van der Waals surface area contributed by atoms with E-state index in [2.05, 4.69) is 42.2 Å². The molecule has 0 spiro atoms. The van der Waals surface area contributed by atoms with E-state index in [1.54, 1.807) is 29.2 Å². The minimum atomic E-state index is -0.0876. The molecule has 0 aliphatic carbocycles. The van der Waals surface area contributed by atoms with Gasteiger partial charge in [-0.05, 0) is 11.4 Å². The van der Waals surface area contributed by atoms with Crippen molar-refractivity contribution in [1.82, 2.24) is 9.97 Å². The van der Waals surface area contributed by atoms with Crippen LogP contribution in [0.3, 0.4) is 0 Å². The predicted octanol–water partition coefficient (Wildman–Crippen LogP) is 4.64. The monoisotopic (exact) mass is 284 g/mol. The normalized spacial score (nSPS) is 11.8. The van der Waals surface area contributed by atoms with Gasteiger partial charge in [0.1, 0.15) is 16.0 Å². The maximum Gasteiger partial charge on any atom is 0.136 e. The zero-order valence-electron chi connectivity index (χ0n) is 9.90. The zero-order chi connectivity index (χ0) is 12.5. The molecule has 2 rings (SSSR count). The number of nitrogens with zero attached hydrogens (tertiary/aromatic N) is 2. The summed E-state index contributed by atoms with van der Waals surface area (Å²) in [5.41, 5.74) is -0.0876. The van der Waals surface area contributed by atoms with Gasteiger partial charge in [0.25, 0.3) is 0 Å². The molecular weight excluding hydrogens is 272 g/mol. The fourth-order valence-corrected chi connectivity index (χ4v) is 3.18. The van der Waals surface area contributed by atoms with Gasteiger partial charge in [-0.25, -0.2) is 9.97 Å². The van der Waals surface area contributed by atoms with Crippen molar-refractivity contribution in [2.75, 3.05) is 0 Å². The van der Waals surface area contributed by atoms with Crippen LogP contribution >= 0.6 is 34.7 Å². The molecule has 17 heavy (non-hydrogen) atoms. The van der Waals surface area contributed by atoms with E-state index in [1.165, 1.54) is 4.21 Å². The lowest BCUT2D eigenvalue weighted by atomic mass is 9.96. The highest BCUT2D eigenvalue weighted by molar-refractivity contribution is 8.01. The van der Waals surface area contributed by atoms with Crippen LogP contribution in [0.25, 0.3) is 0 Å². The van der Waals surface area contributed by atoms with Gasteiger partial charge in [0.2, 0.25) is 0 Å². The Morgan fingerprint density at radius 3 is 2.65 bits per heavy atom. The van der Waals surface area contributed by atoms with E-state index in [0.29, 0.717) is 5.15 Å². The largest absolute Gasteiger partial charge is 0.226 e. The molecule has 0 radical (unpaired) electrons. The van der Waals surface area contributed by atoms with Gasteiger partial charge < -0.3 is 0 Å². The first-order valence-corrected chi connectivity index (χ1v) is 7.29. The molecule has 2 nitrogen and oxygen atoms in total. The van der Waals surface area contributed by atoms with Gasteiger partial charge in [-0.2, -0.15) is 0 Å². The second kappa shape index (κ2) is 4.96. The Kier molecular flexibility index (Phi) is 3.76. The van der Waals surface area contributed by atoms with E-state index in [1.807, 2.05) is 6.07 Å². The summed E-state index contributed by atoms with van der Waals surface area (Å²) in [5, 5.41) is 3.46. The average molecular weight is 285 g/mol. The molecule has 0 atom stereocenters. The van der Waals surface area contributed by atoms with Gasteiger partial charge >= 0.3 is 0 Å². The summed E-state index contributed by atoms with van der Waals surface area (Å²) in [5.74, 6) is 0.782. The van der Waals surface area contributed by atoms with Gasteiger partial charge in [0, 0.05) is 11.5 Å². The summed E-state index contributed by atoms with van der Waals surface area (Å²) in [7, 11) is 0. The van der Waals surface area contributed by atoms with Crippen LogP contribution in [-0.4, -0.2) is 9.97 Å². The van der Waals surface area contributed by atoms with E-state index in [0.717, 1.165) is 10.9 Å². The molecular formula is C12H13ClN2S2. The number of halogens is 1. The Morgan fingerprint density at radius 1 is 1.29 bits per heavy atom. The lowest BCUT2D eigenvalue weighted by molar-refractivity contribution is 0.538. The summed E-state index contributed by atoms with van der Waals surface area (Å²) < 4.78 is 1.21. The molecule has 90 valence electrons. The lowest BCUT2D eigenvalue weighted by Gasteiger charge is -2.17. The van der Waals surface area contributed by atoms with Crippen LogP contribution in [0.2, 0.25) is 5.15 Å². The molecule has 0 unspecified atom stereocenters. The van der Waals surface area contributed by atoms with Crippen LogP contribution in [0.1, 0.15) is 26.6 Å². The van der Waals surface area contributed by atoms with Crippen LogP contribution in [0, 0.1) is 0 Å². The highest BCUT2D eigenvalue weighted by Gasteiger charge is 2.19. The number of hydrogen-bond donors (Lipinski definition) is 0. The minimum absolute atomic E-state index is 0.0876. The number of aromatic nitrogens is 2. The third kappa shape index (κ3) is 3.44. The Morgan fingerprint density at radius 2 is 2.06 bits per heavy atom. The SMILES string of the molecule is CC(C)(C)c1nc(Cl)cc(Sc2cccs2)n1. The Balaban J connectivity index is 2.32. The van der Waals surface area contributed by atoms with Crippen LogP contribution in [-0.2, 0) is 5.41 Å². The maximum atomic E-state index is 6.04. The van der Waals surface area contributed by atoms with Gasteiger partial charge in [-0.1, -0.05) is 50.2 Å². The molecule has 0 bridgehead atoms. The van der Waals surface area contributed by atoms with Crippen LogP contribution in [0.15, 0.2) is 32.8 Å². The van der Waals surface area contributed by atoms with Crippen molar-refractivity contribution in [2.24, 2.45) is 0 Å².